The summed E-state index contributed by atoms with van der Waals surface area (Å²) in [5.74, 6) is -0.0189. The average molecular weight is 411 g/mol. The van der Waals surface area contributed by atoms with E-state index < -0.39 is 0 Å². The molecular weight excluding hydrogens is 384 g/mol. The highest BCUT2D eigenvalue weighted by atomic mass is 16.1. The summed E-state index contributed by atoms with van der Waals surface area (Å²) in [5.41, 5.74) is 6.58. The third kappa shape index (κ3) is 3.51. The van der Waals surface area contributed by atoms with Crippen molar-refractivity contribution in [2.75, 3.05) is 19.4 Å². The number of hydrogen-bond acceptors (Lipinski definition) is 4. The summed E-state index contributed by atoms with van der Waals surface area (Å²) in [4.78, 5) is 14.6. The van der Waals surface area contributed by atoms with Gasteiger partial charge >= 0.3 is 0 Å². The van der Waals surface area contributed by atoms with Crippen molar-refractivity contribution in [3.63, 3.8) is 0 Å². The molecule has 0 saturated heterocycles. The van der Waals surface area contributed by atoms with Gasteiger partial charge in [-0.3, -0.25) is 4.79 Å². The normalized spacial score (nSPS) is 17.7. The maximum Gasteiger partial charge on any atom is 0.272 e. The molecule has 1 aromatic heterocycles. The van der Waals surface area contributed by atoms with Crippen LogP contribution in [0.1, 0.15) is 39.9 Å². The van der Waals surface area contributed by atoms with Gasteiger partial charge in [0.15, 0.2) is 0 Å². The second-order valence-electron chi connectivity index (χ2n) is 8.66. The second kappa shape index (κ2) is 7.67. The molecule has 2 unspecified atom stereocenters. The minimum atomic E-state index is -0.156. The molecule has 2 heterocycles. The highest BCUT2D eigenvalue weighted by molar-refractivity contribution is 5.97. The van der Waals surface area contributed by atoms with E-state index >= 15 is 0 Å². The molecule has 3 aromatic carbocycles. The molecule has 0 fully saturated rings. The molecule has 1 aliphatic rings. The van der Waals surface area contributed by atoms with Gasteiger partial charge in [0.05, 0.1) is 23.0 Å². The van der Waals surface area contributed by atoms with Gasteiger partial charge in [0.2, 0.25) is 0 Å². The Hall–Kier alpha value is -3.44. The average Bonchev–Trinajstić information content (AvgIpc) is 2.77. The van der Waals surface area contributed by atoms with Gasteiger partial charge in [-0.05, 0) is 49.8 Å². The van der Waals surface area contributed by atoms with Crippen molar-refractivity contribution in [3.05, 3.63) is 105 Å². The molecule has 5 rings (SSSR count). The lowest BCUT2D eigenvalue weighted by atomic mass is 9.79. The predicted molar refractivity (Wildman–Crippen MR) is 126 cm³/mol. The Morgan fingerprint density at radius 1 is 0.935 bits per heavy atom. The van der Waals surface area contributed by atoms with Crippen molar-refractivity contribution in [2.45, 2.75) is 25.4 Å². The lowest BCUT2D eigenvalue weighted by Crippen LogP contribution is -2.28. The molecule has 0 radical (unpaired) electrons. The summed E-state index contributed by atoms with van der Waals surface area (Å²) in [6.45, 7) is 3.00. The first-order chi connectivity index (χ1) is 15.0. The molecule has 2 N–H and O–H groups in total. The molecule has 5 heteroatoms. The van der Waals surface area contributed by atoms with Crippen molar-refractivity contribution in [3.8, 4) is 0 Å². The summed E-state index contributed by atoms with van der Waals surface area (Å²) in [7, 11) is 4.15. The molecule has 0 aliphatic carbocycles. The Morgan fingerprint density at radius 3 is 2.35 bits per heavy atom. The molecular formula is C26H26N4O. The Morgan fingerprint density at radius 2 is 1.65 bits per heavy atom. The summed E-state index contributed by atoms with van der Waals surface area (Å²) < 4.78 is 0. The Kier molecular flexibility index (Phi) is 4.83. The molecule has 156 valence electrons. The molecule has 0 bridgehead atoms. The van der Waals surface area contributed by atoms with Crippen LogP contribution in [0.2, 0.25) is 0 Å². The van der Waals surface area contributed by atoms with Gasteiger partial charge < -0.3 is 10.2 Å². The quantitative estimate of drug-likeness (QED) is 0.517. The third-order valence-electron chi connectivity index (χ3n) is 6.06. The van der Waals surface area contributed by atoms with Crippen LogP contribution >= 0.6 is 0 Å². The molecule has 1 aliphatic heterocycles. The summed E-state index contributed by atoms with van der Waals surface area (Å²) in [6, 6.07) is 23.2. The molecule has 0 amide bonds. The largest absolute Gasteiger partial charge is 0.377 e. The summed E-state index contributed by atoms with van der Waals surface area (Å²) >= 11 is 0. The zero-order chi connectivity index (χ0) is 21.5. The first-order valence-corrected chi connectivity index (χ1v) is 10.6. The van der Waals surface area contributed by atoms with Crippen molar-refractivity contribution in [1.29, 1.82) is 0 Å². The van der Waals surface area contributed by atoms with E-state index in [0.29, 0.717) is 5.39 Å². The zero-order valence-electron chi connectivity index (χ0n) is 18.0. The van der Waals surface area contributed by atoms with Gasteiger partial charge in [0.25, 0.3) is 5.56 Å². The summed E-state index contributed by atoms with van der Waals surface area (Å²) in [6.07, 6.45) is 0. The monoisotopic (exact) mass is 410 g/mol. The molecule has 0 saturated carbocycles. The number of aromatic amines is 1. The van der Waals surface area contributed by atoms with Gasteiger partial charge in [0, 0.05) is 17.6 Å². The van der Waals surface area contributed by atoms with Crippen molar-refractivity contribution in [1.82, 2.24) is 15.1 Å². The van der Waals surface area contributed by atoms with Crippen LogP contribution in [0.15, 0.2) is 71.5 Å². The molecule has 2 atom stereocenters. The van der Waals surface area contributed by atoms with Gasteiger partial charge in [0.1, 0.15) is 0 Å². The zero-order valence-corrected chi connectivity index (χ0v) is 18.0. The number of nitrogens with zero attached hydrogens (tertiary/aromatic N) is 2. The molecule has 31 heavy (non-hydrogen) atoms. The Bertz CT molecular complexity index is 1290. The Labute approximate surface area is 181 Å². The van der Waals surface area contributed by atoms with Crippen LogP contribution in [0.25, 0.3) is 10.8 Å². The smallest absolute Gasteiger partial charge is 0.272 e. The number of hydrogen-bond donors (Lipinski definition) is 2. The fraction of sp³-hybridized carbons (Fsp3) is 0.231. The van der Waals surface area contributed by atoms with Crippen molar-refractivity contribution < 1.29 is 0 Å². The fourth-order valence-corrected chi connectivity index (χ4v) is 4.59. The van der Waals surface area contributed by atoms with E-state index in [0.717, 1.165) is 23.3 Å². The van der Waals surface area contributed by atoms with E-state index in [1.165, 1.54) is 22.3 Å². The van der Waals surface area contributed by atoms with E-state index in [4.69, 9.17) is 0 Å². The van der Waals surface area contributed by atoms with Crippen LogP contribution in [0.4, 0.5) is 5.69 Å². The molecule has 0 spiro atoms. The Balaban J connectivity index is 1.68. The van der Waals surface area contributed by atoms with Gasteiger partial charge in [-0.1, -0.05) is 60.2 Å². The van der Waals surface area contributed by atoms with Crippen LogP contribution in [-0.4, -0.2) is 29.2 Å². The number of rotatable bonds is 4. The highest BCUT2D eigenvalue weighted by Gasteiger charge is 2.34. The number of aromatic nitrogens is 2. The van der Waals surface area contributed by atoms with Gasteiger partial charge in [-0.15, -0.1) is 0 Å². The lowest BCUT2D eigenvalue weighted by molar-refractivity contribution is 0.402. The van der Waals surface area contributed by atoms with E-state index in [1.807, 2.05) is 18.2 Å². The summed E-state index contributed by atoms with van der Waals surface area (Å²) in [5, 5.41) is 12.6. The topological polar surface area (TPSA) is 61.0 Å². The van der Waals surface area contributed by atoms with Crippen LogP contribution in [0.3, 0.4) is 0 Å². The van der Waals surface area contributed by atoms with Crippen LogP contribution < -0.4 is 10.9 Å². The predicted octanol–water partition coefficient (Wildman–Crippen LogP) is 4.59. The molecule has 4 aromatic rings. The second-order valence-corrected chi connectivity index (χ2v) is 8.66. The van der Waals surface area contributed by atoms with Crippen LogP contribution in [-0.2, 0) is 6.54 Å². The lowest BCUT2D eigenvalue weighted by Gasteiger charge is -2.35. The number of aryl methyl sites for hydroxylation is 1. The van der Waals surface area contributed by atoms with Crippen molar-refractivity contribution >= 4 is 16.5 Å². The maximum atomic E-state index is 12.4. The number of nitrogens with one attached hydrogen (secondary N) is 2. The van der Waals surface area contributed by atoms with Crippen LogP contribution in [0, 0.1) is 6.92 Å². The van der Waals surface area contributed by atoms with E-state index in [9.17, 15) is 4.79 Å². The first-order valence-electron chi connectivity index (χ1n) is 10.6. The van der Waals surface area contributed by atoms with Crippen molar-refractivity contribution in [2.24, 2.45) is 0 Å². The number of benzene rings is 3. The fourth-order valence-electron chi connectivity index (χ4n) is 4.59. The first kappa shape index (κ1) is 19.5. The minimum absolute atomic E-state index is 0.00705. The van der Waals surface area contributed by atoms with E-state index in [1.54, 1.807) is 0 Å². The van der Waals surface area contributed by atoms with E-state index in [-0.39, 0.29) is 17.5 Å². The van der Waals surface area contributed by atoms with Gasteiger partial charge in [-0.25, -0.2) is 5.10 Å². The SMILES string of the molecule is Cc1ccc(C2c3n[nH]c(=O)c4cccc(c34)NC2c2ccc(CN(C)C)cc2)cc1. The minimum Gasteiger partial charge on any atom is -0.377 e. The third-order valence-corrected chi connectivity index (χ3v) is 6.06. The molecule has 5 nitrogen and oxygen atoms in total. The standard InChI is InChI=1S/C26H26N4O/c1-16-7-11-18(12-8-16)22-24(19-13-9-17(10-14-19)15-30(2)3)27-21-6-4-5-20-23(21)25(22)28-29-26(20)31/h4-14,22,24,27H,15H2,1-3H3,(H,29,31). The maximum absolute atomic E-state index is 12.4. The number of H-pyrrole nitrogens is 1. The van der Waals surface area contributed by atoms with Gasteiger partial charge in [-0.2, -0.15) is 5.10 Å². The van der Waals surface area contributed by atoms with E-state index in [2.05, 4.69) is 90.0 Å². The number of anilines is 1. The highest BCUT2D eigenvalue weighted by Crippen LogP contribution is 2.46. The van der Waals surface area contributed by atoms with Crippen LogP contribution in [0.5, 0.6) is 0 Å².